The molecular formula is C11H17N3O6S. The quantitative estimate of drug-likeness (QED) is 0.665. The van der Waals surface area contributed by atoms with Gasteiger partial charge in [0, 0.05) is 32.8 Å². The summed E-state index contributed by atoms with van der Waals surface area (Å²) in [7, 11) is -1.63. The summed E-state index contributed by atoms with van der Waals surface area (Å²) in [5, 5.41) is 8.56. The van der Waals surface area contributed by atoms with Gasteiger partial charge in [-0.2, -0.15) is 0 Å². The van der Waals surface area contributed by atoms with Gasteiger partial charge in [0.15, 0.2) is 4.90 Å². The van der Waals surface area contributed by atoms with Gasteiger partial charge in [0.25, 0.3) is 5.56 Å². The highest BCUT2D eigenvalue weighted by Gasteiger charge is 2.23. The average molecular weight is 319 g/mol. The fraction of sp³-hybridized carbons (Fsp3) is 0.545. The van der Waals surface area contributed by atoms with Gasteiger partial charge in [-0.1, -0.05) is 0 Å². The summed E-state index contributed by atoms with van der Waals surface area (Å²) < 4.78 is 28.2. The number of aryl methyl sites for hydroxylation is 1. The summed E-state index contributed by atoms with van der Waals surface area (Å²) in [6, 6.07) is -0.659. The van der Waals surface area contributed by atoms with Crippen molar-refractivity contribution in [2.24, 2.45) is 14.1 Å². The molecule has 0 spiro atoms. The topological polar surface area (TPSA) is 127 Å². The van der Waals surface area contributed by atoms with Crippen molar-refractivity contribution in [3.8, 4) is 0 Å². The number of nitrogens with zero attached hydrogens (tertiary/aromatic N) is 2. The van der Waals surface area contributed by atoms with E-state index in [-0.39, 0.29) is 12.8 Å². The van der Waals surface area contributed by atoms with Crippen LogP contribution in [0.3, 0.4) is 0 Å². The molecule has 10 heteroatoms. The molecule has 0 saturated carbocycles. The minimum Gasteiger partial charge on any atom is -0.481 e. The summed E-state index contributed by atoms with van der Waals surface area (Å²) in [6.07, 6.45) is 0.826. The molecule has 0 saturated heterocycles. The molecule has 118 valence electrons. The van der Waals surface area contributed by atoms with Crippen molar-refractivity contribution >= 4 is 16.0 Å². The number of nitrogens with one attached hydrogen (secondary N) is 1. The zero-order valence-corrected chi connectivity index (χ0v) is 12.7. The first-order valence-electron chi connectivity index (χ1n) is 6.07. The second-order valence-electron chi connectivity index (χ2n) is 4.71. The van der Waals surface area contributed by atoms with E-state index in [1.54, 1.807) is 0 Å². The highest BCUT2D eigenvalue weighted by molar-refractivity contribution is 7.89. The molecule has 0 aliphatic rings. The molecule has 1 heterocycles. The SMILES string of the molecule is CC(CCC(=O)O)NS(=O)(=O)c1cn(C)c(=O)n(C)c1=O. The van der Waals surface area contributed by atoms with Crippen molar-refractivity contribution in [3.63, 3.8) is 0 Å². The maximum Gasteiger partial charge on any atom is 0.330 e. The Bertz CT molecular complexity index is 761. The highest BCUT2D eigenvalue weighted by atomic mass is 32.2. The van der Waals surface area contributed by atoms with Crippen molar-refractivity contribution in [3.05, 3.63) is 27.0 Å². The predicted molar refractivity (Wildman–Crippen MR) is 73.6 cm³/mol. The third kappa shape index (κ3) is 4.02. The Kier molecular flexibility index (Phi) is 5.07. The van der Waals surface area contributed by atoms with E-state index in [9.17, 15) is 22.8 Å². The molecule has 0 aliphatic carbocycles. The molecule has 9 nitrogen and oxygen atoms in total. The lowest BCUT2D eigenvalue weighted by Gasteiger charge is -2.14. The van der Waals surface area contributed by atoms with Crippen LogP contribution in [-0.4, -0.2) is 34.7 Å². The van der Waals surface area contributed by atoms with Gasteiger partial charge in [-0.25, -0.2) is 17.9 Å². The second kappa shape index (κ2) is 6.22. The van der Waals surface area contributed by atoms with Crippen LogP contribution < -0.4 is 16.0 Å². The van der Waals surface area contributed by atoms with E-state index in [0.29, 0.717) is 4.57 Å². The number of aromatic nitrogens is 2. The third-order valence-corrected chi connectivity index (χ3v) is 4.42. The predicted octanol–water partition coefficient (Wildman–Crippen LogP) is -1.38. The van der Waals surface area contributed by atoms with E-state index in [1.807, 2.05) is 0 Å². The number of carbonyl (C=O) groups is 1. The van der Waals surface area contributed by atoms with Gasteiger partial charge < -0.3 is 9.67 Å². The largest absolute Gasteiger partial charge is 0.481 e. The van der Waals surface area contributed by atoms with Gasteiger partial charge >= 0.3 is 11.7 Å². The van der Waals surface area contributed by atoms with Crippen LogP contribution in [0.25, 0.3) is 0 Å². The molecule has 0 radical (unpaired) electrons. The first kappa shape index (κ1) is 17.1. The number of carboxylic acids is 1. The number of rotatable bonds is 6. The van der Waals surface area contributed by atoms with Gasteiger partial charge in [-0.15, -0.1) is 0 Å². The molecule has 1 unspecified atom stereocenters. The molecule has 0 fully saturated rings. The van der Waals surface area contributed by atoms with E-state index in [0.717, 1.165) is 10.8 Å². The normalized spacial score (nSPS) is 13.1. The molecule has 1 atom stereocenters. The van der Waals surface area contributed by atoms with Crippen LogP contribution in [0.5, 0.6) is 0 Å². The first-order valence-corrected chi connectivity index (χ1v) is 7.55. The van der Waals surface area contributed by atoms with Crippen LogP contribution >= 0.6 is 0 Å². The van der Waals surface area contributed by atoms with Crippen molar-refractivity contribution in [1.29, 1.82) is 0 Å². The summed E-state index contributed by atoms with van der Waals surface area (Å²) in [5.41, 5.74) is -1.58. The Balaban J connectivity index is 3.13. The third-order valence-electron chi connectivity index (χ3n) is 2.85. The van der Waals surface area contributed by atoms with Crippen LogP contribution in [0.2, 0.25) is 0 Å². The molecule has 1 aromatic rings. The van der Waals surface area contributed by atoms with Gasteiger partial charge in [0.05, 0.1) is 0 Å². The maximum atomic E-state index is 12.1. The van der Waals surface area contributed by atoms with E-state index in [4.69, 9.17) is 5.11 Å². The van der Waals surface area contributed by atoms with Crippen molar-refractivity contribution in [2.45, 2.75) is 30.7 Å². The molecule has 0 aliphatic heterocycles. The van der Waals surface area contributed by atoms with Crippen molar-refractivity contribution in [1.82, 2.24) is 13.9 Å². The fourth-order valence-corrected chi connectivity index (χ4v) is 3.12. The zero-order chi connectivity index (χ0) is 16.4. The smallest absolute Gasteiger partial charge is 0.330 e. The first-order chi connectivity index (χ1) is 9.56. The lowest BCUT2D eigenvalue weighted by Crippen LogP contribution is -2.43. The fourth-order valence-electron chi connectivity index (χ4n) is 1.69. The van der Waals surface area contributed by atoms with Crippen LogP contribution in [0, 0.1) is 0 Å². The average Bonchev–Trinajstić information content (AvgIpc) is 2.37. The number of aliphatic carboxylic acids is 1. The monoisotopic (exact) mass is 319 g/mol. The van der Waals surface area contributed by atoms with E-state index < -0.39 is 38.2 Å². The minimum absolute atomic E-state index is 0.0840. The summed E-state index contributed by atoms with van der Waals surface area (Å²) in [6.45, 7) is 1.49. The Morgan fingerprint density at radius 2 is 1.95 bits per heavy atom. The lowest BCUT2D eigenvalue weighted by molar-refractivity contribution is -0.137. The molecular weight excluding hydrogens is 302 g/mol. The van der Waals surface area contributed by atoms with E-state index >= 15 is 0 Å². The standard InChI is InChI=1S/C11H17N3O6S/c1-7(4-5-9(15)16)12-21(19,20)8-6-13(2)11(18)14(3)10(8)17/h6-7,12H,4-5H2,1-3H3,(H,15,16). The summed E-state index contributed by atoms with van der Waals surface area (Å²) in [5.74, 6) is -1.04. The van der Waals surface area contributed by atoms with Gasteiger partial charge in [0.1, 0.15) is 0 Å². The Morgan fingerprint density at radius 1 is 1.38 bits per heavy atom. The van der Waals surface area contributed by atoms with Gasteiger partial charge in [0.2, 0.25) is 10.0 Å². The van der Waals surface area contributed by atoms with Gasteiger partial charge in [-0.3, -0.25) is 14.2 Å². The molecule has 0 amide bonds. The van der Waals surface area contributed by atoms with Crippen LogP contribution in [0.15, 0.2) is 20.7 Å². The minimum atomic E-state index is -4.14. The maximum absolute atomic E-state index is 12.1. The van der Waals surface area contributed by atoms with Crippen LogP contribution in [0.1, 0.15) is 19.8 Å². The Labute approximate surface area is 120 Å². The van der Waals surface area contributed by atoms with Crippen molar-refractivity contribution in [2.75, 3.05) is 0 Å². The number of sulfonamides is 1. The Hall–Kier alpha value is -1.94. The molecule has 0 aromatic carbocycles. The van der Waals surface area contributed by atoms with E-state index in [1.165, 1.54) is 21.0 Å². The van der Waals surface area contributed by atoms with E-state index in [2.05, 4.69) is 4.72 Å². The lowest BCUT2D eigenvalue weighted by atomic mass is 10.2. The molecule has 0 bridgehead atoms. The summed E-state index contributed by atoms with van der Waals surface area (Å²) in [4.78, 5) is 33.3. The molecule has 2 N–H and O–H groups in total. The second-order valence-corrected chi connectivity index (χ2v) is 6.39. The van der Waals surface area contributed by atoms with Crippen LogP contribution in [-0.2, 0) is 28.9 Å². The number of hydrogen-bond donors (Lipinski definition) is 2. The highest BCUT2D eigenvalue weighted by Crippen LogP contribution is 2.04. The van der Waals surface area contributed by atoms with Gasteiger partial charge in [-0.05, 0) is 13.3 Å². The molecule has 21 heavy (non-hydrogen) atoms. The number of hydrogen-bond acceptors (Lipinski definition) is 5. The molecule has 1 rings (SSSR count). The Morgan fingerprint density at radius 3 is 2.48 bits per heavy atom. The van der Waals surface area contributed by atoms with Crippen LogP contribution in [0.4, 0.5) is 0 Å². The number of carboxylic acid groups (broad SMARTS) is 1. The van der Waals surface area contributed by atoms with Crippen molar-refractivity contribution < 1.29 is 18.3 Å². The molecule has 1 aromatic heterocycles. The zero-order valence-electron chi connectivity index (χ0n) is 11.9. The summed E-state index contributed by atoms with van der Waals surface area (Å²) >= 11 is 0.